The largest absolute Gasteiger partial charge is 0.494 e. The molecule has 3 aromatic rings. The van der Waals surface area contributed by atoms with Gasteiger partial charge in [-0.25, -0.2) is 13.8 Å². The number of aromatic amines is 1. The zero-order valence-electron chi connectivity index (χ0n) is 17.3. The maximum Gasteiger partial charge on any atom is 0.199 e. The van der Waals surface area contributed by atoms with Crippen LogP contribution in [0, 0.1) is 11.6 Å². The predicted molar refractivity (Wildman–Crippen MR) is 119 cm³/mol. The molecule has 0 amide bonds. The molecular weight excluding hydrogens is 416 g/mol. The summed E-state index contributed by atoms with van der Waals surface area (Å²) >= 11 is 0. The standard InChI is InChI=1S/C23H23F2N5O2/c24-13-1-3-18-16(11-13)20(23(31)29-18)22-21(17-12-14(25)2-4-19(17)28-22)30-32-10-9-27-15-5-7-26-8-6-15/h1-4,11-12,15,26-27,29,31H,5-10H2/b30-21+. The van der Waals surface area contributed by atoms with Gasteiger partial charge in [-0.1, -0.05) is 5.16 Å². The number of oxime groups is 1. The van der Waals surface area contributed by atoms with Gasteiger partial charge < -0.3 is 25.6 Å². The van der Waals surface area contributed by atoms with Crippen LogP contribution in [0.2, 0.25) is 0 Å². The van der Waals surface area contributed by atoms with Gasteiger partial charge in [0.15, 0.2) is 5.88 Å². The van der Waals surface area contributed by atoms with Crippen LogP contribution in [-0.2, 0) is 4.84 Å². The summed E-state index contributed by atoms with van der Waals surface area (Å²) in [7, 11) is 0. The number of halogens is 2. The maximum absolute atomic E-state index is 14.0. The van der Waals surface area contributed by atoms with Gasteiger partial charge in [-0.15, -0.1) is 0 Å². The van der Waals surface area contributed by atoms with Crippen molar-refractivity contribution in [3.8, 4) is 5.88 Å². The van der Waals surface area contributed by atoms with Crippen molar-refractivity contribution < 1.29 is 18.7 Å². The predicted octanol–water partition coefficient (Wildman–Crippen LogP) is 3.35. The molecule has 0 bridgehead atoms. The third-order valence-electron chi connectivity index (χ3n) is 5.77. The minimum Gasteiger partial charge on any atom is -0.494 e. The number of hydrogen-bond donors (Lipinski definition) is 4. The van der Waals surface area contributed by atoms with Crippen LogP contribution in [0.4, 0.5) is 14.5 Å². The molecule has 32 heavy (non-hydrogen) atoms. The highest BCUT2D eigenvalue weighted by Gasteiger charge is 2.30. The van der Waals surface area contributed by atoms with Gasteiger partial charge in [0.1, 0.15) is 29.7 Å². The van der Waals surface area contributed by atoms with Crippen molar-refractivity contribution in [3.63, 3.8) is 0 Å². The topological polar surface area (TPSA) is 94.0 Å². The van der Waals surface area contributed by atoms with Crippen LogP contribution in [-0.4, -0.2) is 53.8 Å². The van der Waals surface area contributed by atoms with E-state index < -0.39 is 11.6 Å². The summed E-state index contributed by atoms with van der Waals surface area (Å²) in [6.45, 7) is 2.93. The Balaban J connectivity index is 1.42. The van der Waals surface area contributed by atoms with E-state index in [4.69, 9.17) is 4.84 Å². The van der Waals surface area contributed by atoms with Crippen molar-refractivity contribution in [2.24, 2.45) is 10.1 Å². The van der Waals surface area contributed by atoms with Gasteiger partial charge in [0.2, 0.25) is 0 Å². The van der Waals surface area contributed by atoms with Crippen LogP contribution in [0.5, 0.6) is 5.88 Å². The smallest absolute Gasteiger partial charge is 0.199 e. The molecule has 0 saturated carbocycles. The Morgan fingerprint density at radius 1 is 1.12 bits per heavy atom. The first-order chi connectivity index (χ1) is 15.6. The van der Waals surface area contributed by atoms with E-state index in [9.17, 15) is 13.9 Å². The normalized spacial score (nSPS) is 17.7. The van der Waals surface area contributed by atoms with Gasteiger partial charge in [0.25, 0.3) is 0 Å². The molecule has 0 atom stereocenters. The number of H-pyrrole nitrogens is 1. The number of fused-ring (bicyclic) bond motifs is 2. The monoisotopic (exact) mass is 439 g/mol. The summed E-state index contributed by atoms with van der Waals surface area (Å²) in [6.07, 6.45) is 2.13. The lowest BCUT2D eigenvalue weighted by atomic mass is 10.0. The molecule has 166 valence electrons. The summed E-state index contributed by atoms with van der Waals surface area (Å²) in [4.78, 5) is 12.9. The Labute approximate surface area is 183 Å². The number of hydrogen-bond acceptors (Lipinski definition) is 6. The van der Waals surface area contributed by atoms with Crippen molar-refractivity contribution >= 4 is 28.0 Å². The van der Waals surface area contributed by atoms with E-state index in [0.717, 1.165) is 25.9 Å². The zero-order chi connectivity index (χ0) is 22.1. The minimum atomic E-state index is -0.446. The van der Waals surface area contributed by atoms with Crippen molar-refractivity contribution in [1.82, 2.24) is 15.6 Å². The summed E-state index contributed by atoms with van der Waals surface area (Å²) < 4.78 is 27.9. The number of piperidine rings is 1. The molecule has 0 unspecified atom stereocenters. The third kappa shape index (κ3) is 3.96. The molecule has 4 N–H and O–H groups in total. The number of nitrogens with one attached hydrogen (secondary N) is 3. The molecule has 2 aliphatic rings. The second kappa shape index (κ2) is 8.68. The molecule has 0 aliphatic carbocycles. The fourth-order valence-electron chi connectivity index (χ4n) is 4.20. The number of rotatable bonds is 6. The van der Waals surface area contributed by atoms with E-state index >= 15 is 0 Å². The second-order valence-electron chi connectivity index (χ2n) is 7.91. The molecule has 2 aromatic carbocycles. The van der Waals surface area contributed by atoms with Gasteiger partial charge in [-0.3, -0.25) is 0 Å². The molecule has 9 heteroatoms. The highest BCUT2D eigenvalue weighted by molar-refractivity contribution is 6.58. The summed E-state index contributed by atoms with van der Waals surface area (Å²) in [5.74, 6) is -1.05. The number of aliphatic imine (C=N–C) groups is 1. The van der Waals surface area contributed by atoms with Gasteiger partial charge >= 0.3 is 0 Å². The van der Waals surface area contributed by atoms with Crippen molar-refractivity contribution in [2.75, 3.05) is 26.2 Å². The first-order valence-corrected chi connectivity index (χ1v) is 10.6. The lowest BCUT2D eigenvalue weighted by Crippen LogP contribution is -2.41. The lowest BCUT2D eigenvalue weighted by molar-refractivity contribution is 0.143. The molecule has 5 rings (SSSR count). The van der Waals surface area contributed by atoms with Crippen molar-refractivity contribution in [2.45, 2.75) is 18.9 Å². The van der Waals surface area contributed by atoms with Crippen LogP contribution >= 0.6 is 0 Å². The van der Waals surface area contributed by atoms with Crippen LogP contribution in [0.25, 0.3) is 10.9 Å². The molecule has 0 radical (unpaired) electrons. The van der Waals surface area contributed by atoms with E-state index in [1.165, 1.54) is 30.3 Å². The summed E-state index contributed by atoms with van der Waals surface area (Å²) in [5.41, 5.74) is 2.40. The highest BCUT2D eigenvalue weighted by Crippen LogP contribution is 2.36. The number of nitrogens with zero attached hydrogens (tertiary/aromatic N) is 2. The molecule has 1 saturated heterocycles. The molecule has 2 aliphatic heterocycles. The van der Waals surface area contributed by atoms with E-state index in [2.05, 4.69) is 25.8 Å². The van der Waals surface area contributed by atoms with Gasteiger partial charge in [0.05, 0.1) is 11.3 Å². The first kappa shape index (κ1) is 20.6. The molecule has 1 fully saturated rings. The lowest BCUT2D eigenvalue weighted by Gasteiger charge is -2.23. The van der Waals surface area contributed by atoms with E-state index in [1.807, 2.05) is 0 Å². The highest BCUT2D eigenvalue weighted by atomic mass is 19.1. The van der Waals surface area contributed by atoms with Gasteiger partial charge in [0, 0.05) is 29.1 Å². The second-order valence-corrected chi connectivity index (χ2v) is 7.91. The van der Waals surface area contributed by atoms with Crippen molar-refractivity contribution in [3.05, 3.63) is 59.2 Å². The Bertz CT molecular complexity index is 1210. The number of aromatic hydroxyl groups is 1. The fourth-order valence-corrected chi connectivity index (χ4v) is 4.20. The van der Waals surface area contributed by atoms with Crippen molar-refractivity contribution in [1.29, 1.82) is 0 Å². The molecule has 7 nitrogen and oxygen atoms in total. The Morgan fingerprint density at radius 3 is 2.75 bits per heavy atom. The molecule has 0 spiro atoms. The van der Waals surface area contributed by atoms with E-state index in [1.54, 1.807) is 6.07 Å². The van der Waals surface area contributed by atoms with Crippen LogP contribution in [0.1, 0.15) is 24.0 Å². The number of aromatic nitrogens is 1. The summed E-state index contributed by atoms with van der Waals surface area (Å²) in [6, 6.07) is 8.78. The SMILES string of the molecule is Oc1[nH]c2ccc(F)cc2c1C1=Nc2ccc(F)cc2/C1=N\OCCNC1CCNCC1. The molecule has 3 heterocycles. The van der Waals surface area contributed by atoms with Gasteiger partial charge in [-0.05, 0) is 62.3 Å². The first-order valence-electron chi connectivity index (χ1n) is 10.6. The number of benzene rings is 2. The van der Waals surface area contributed by atoms with Crippen LogP contribution < -0.4 is 10.6 Å². The summed E-state index contributed by atoms with van der Waals surface area (Å²) in [5, 5.41) is 22.0. The van der Waals surface area contributed by atoms with E-state index in [0.29, 0.717) is 58.3 Å². The third-order valence-corrected chi connectivity index (χ3v) is 5.77. The van der Waals surface area contributed by atoms with Crippen LogP contribution in [0.3, 0.4) is 0 Å². The fraction of sp³-hybridized carbons (Fsp3) is 0.304. The van der Waals surface area contributed by atoms with Gasteiger partial charge in [-0.2, -0.15) is 0 Å². The van der Waals surface area contributed by atoms with Crippen LogP contribution in [0.15, 0.2) is 46.5 Å². The zero-order valence-corrected chi connectivity index (χ0v) is 17.3. The molecular formula is C23H23F2N5O2. The average molecular weight is 439 g/mol. The maximum atomic E-state index is 14.0. The quantitative estimate of drug-likeness (QED) is 0.350. The minimum absolute atomic E-state index is 0.169. The van der Waals surface area contributed by atoms with E-state index in [-0.39, 0.29) is 5.88 Å². The Hall–Kier alpha value is -3.30. The Kier molecular flexibility index (Phi) is 5.59. The Morgan fingerprint density at radius 2 is 1.91 bits per heavy atom. The molecule has 1 aromatic heterocycles. The average Bonchev–Trinajstić information content (AvgIpc) is 3.30.